The lowest BCUT2D eigenvalue weighted by Gasteiger charge is -2.13. The van der Waals surface area contributed by atoms with E-state index < -0.39 is 0 Å². The third-order valence-electron chi connectivity index (χ3n) is 3.89. The second-order valence-electron chi connectivity index (χ2n) is 5.70. The first-order valence-electron chi connectivity index (χ1n) is 7.79. The van der Waals surface area contributed by atoms with E-state index in [0.29, 0.717) is 24.0 Å². The molecule has 2 amide bonds. The number of hydrogen-bond donors (Lipinski definition) is 0. The van der Waals surface area contributed by atoms with E-state index in [1.807, 2.05) is 31.2 Å². The summed E-state index contributed by atoms with van der Waals surface area (Å²) in [6.45, 7) is 2.27. The number of amides is 2. The van der Waals surface area contributed by atoms with Crippen LogP contribution in [0.15, 0.2) is 53.4 Å². The summed E-state index contributed by atoms with van der Waals surface area (Å²) < 4.78 is 0. The van der Waals surface area contributed by atoms with E-state index in [2.05, 4.69) is 0 Å². The average Bonchev–Trinajstić information content (AvgIpc) is 2.82. The fraction of sp³-hybridized carbons (Fsp3) is 0.211. The molecule has 4 nitrogen and oxygen atoms in total. The first-order chi connectivity index (χ1) is 11.6. The number of benzene rings is 2. The van der Waals surface area contributed by atoms with Crippen LogP contribution in [0.5, 0.6) is 0 Å². The summed E-state index contributed by atoms with van der Waals surface area (Å²) in [5.41, 5.74) is 2.04. The molecule has 5 heteroatoms. The van der Waals surface area contributed by atoms with Crippen molar-refractivity contribution in [3.63, 3.8) is 0 Å². The van der Waals surface area contributed by atoms with E-state index in [-0.39, 0.29) is 23.5 Å². The van der Waals surface area contributed by atoms with Crippen LogP contribution < -0.4 is 0 Å². The number of nitrogens with zero attached hydrogens (tertiary/aromatic N) is 1. The van der Waals surface area contributed by atoms with Crippen molar-refractivity contribution in [2.24, 2.45) is 0 Å². The van der Waals surface area contributed by atoms with Gasteiger partial charge in [0.15, 0.2) is 5.12 Å². The summed E-state index contributed by atoms with van der Waals surface area (Å²) in [6, 6.07) is 14.6. The van der Waals surface area contributed by atoms with Crippen molar-refractivity contribution in [2.45, 2.75) is 24.7 Å². The molecule has 0 bridgehead atoms. The molecule has 24 heavy (non-hydrogen) atoms. The van der Waals surface area contributed by atoms with Crippen molar-refractivity contribution in [3.8, 4) is 0 Å². The van der Waals surface area contributed by atoms with Crippen molar-refractivity contribution in [2.75, 3.05) is 6.54 Å². The Morgan fingerprint density at radius 1 is 0.958 bits per heavy atom. The molecule has 1 aliphatic rings. The Morgan fingerprint density at radius 3 is 2.12 bits per heavy atom. The summed E-state index contributed by atoms with van der Waals surface area (Å²) in [5, 5.41) is 0.0375. The predicted molar refractivity (Wildman–Crippen MR) is 93.1 cm³/mol. The van der Waals surface area contributed by atoms with E-state index in [0.717, 1.165) is 10.5 Å². The van der Waals surface area contributed by atoms with Gasteiger partial charge in [-0.3, -0.25) is 19.3 Å². The number of carbonyl (C=O) groups is 3. The predicted octanol–water partition coefficient (Wildman–Crippen LogP) is 3.69. The lowest BCUT2D eigenvalue weighted by atomic mass is 10.1. The molecule has 0 saturated heterocycles. The van der Waals surface area contributed by atoms with Crippen molar-refractivity contribution in [1.29, 1.82) is 0 Å². The van der Waals surface area contributed by atoms with Crippen molar-refractivity contribution in [1.82, 2.24) is 4.90 Å². The molecule has 0 saturated carbocycles. The molecule has 0 spiro atoms. The summed E-state index contributed by atoms with van der Waals surface area (Å²) >= 11 is 1.20. The molecule has 0 unspecified atom stereocenters. The fourth-order valence-electron chi connectivity index (χ4n) is 2.61. The molecule has 0 aliphatic carbocycles. The minimum atomic E-state index is -0.269. The Kier molecular flexibility index (Phi) is 4.81. The average molecular weight is 339 g/mol. The third-order valence-corrected chi connectivity index (χ3v) is 4.83. The zero-order valence-electron chi connectivity index (χ0n) is 13.3. The van der Waals surface area contributed by atoms with Crippen LogP contribution in [0.4, 0.5) is 0 Å². The quantitative estimate of drug-likeness (QED) is 0.616. The van der Waals surface area contributed by atoms with Gasteiger partial charge in [-0.25, -0.2) is 0 Å². The Hall–Kier alpha value is -2.40. The van der Waals surface area contributed by atoms with Crippen LogP contribution in [-0.4, -0.2) is 28.4 Å². The normalized spacial score (nSPS) is 13.3. The molecule has 1 heterocycles. The summed E-state index contributed by atoms with van der Waals surface area (Å²) in [4.78, 5) is 38.6. The minimum Gasteiger partial charge on any atom is -0.287 e. The number of aryl methyl sites for hydroxylation is 1. The van der Waals surface area contributed by atoms with Gasteiger partial charge in [-0.2, -0.15) is 0 Å². The van der Waals surface area contributed by atoms with Crippen LogP contribution in [0.25, 0.3) is 0 Å². The Morgan fingerprint density at radius 2 is 1.54 bits per heavy atom. The second-order valence-corrected chi connectivity index (χ2v) is 6.83. The van der Waals surface area contributed by atoms with Gasteiger partial charge in [0.25, 0.3) is 11.8 Å². The van der Waals surface area contributed by atoms with Gasteiger partial charge < -0.3 is 0 Å². The highest BCUT2D eigenvalue weighted by Crippen LogP contribution is 2.24. The maximum absolute atomic E-state index is 12.2. The van der Waals surface area contributed by atoms with Crippen molar-refractivity contribution >= 4 is 28.7 Å². The van der Waals surface area contributed by atoms with E-state index in [9.17, 15) is 14.4 Å². The maximum Gasteiger partial charge on any atom is 0.261 e. The summed E-state index contributed by atoms with van der Waals surface area (Å²) in [6.07, 6.45) is 0.801. The molecule has 3 rings (SSSR count). The smallest absolute Gasteiger partial charge is 0.261 e. The zero-order chi connectivity index (χ0) is 17.1. The third kappa shape index (κ3) is 3.41. The van der Waals surface area contributed by atoms with Gasteiger partial charge in [0, 0.05) is 17.9 Å². The molecule has 0 radical (unpaired) electrons. The molecule has 122 valence electrons. The molecular weight excluding hydrogens is 322 g/mol. The van der Waals surface area contributed by atoms with Gasteiger partial charge >= 0.3 is 0 Å². The number of hydrogen-bond acceptors (Lipinski definition) is 4. The van der Waals surface area contributed by atoms with Crippen LogP contribution in [0.3, 0.4) is 0 Å². The molecule has 0 fully saturated rings. The van der Waals surface area contributed by atoms with E-state index in [1.165, 1.54) is 16.7 Å². The Labute approximate surface area is 144 Å². The van der Waals surface area contributed by atoms with Crippen LogP contribution in [-0.2, 0) is 4.79 Å². The molecular formula is C19H17NO3S. The van der Waals surface area contributed by atoms with E-state index in [1.54, 1.807) is 24.3 Å². The molecule has 2 aromatic carbocycles. The molecule has 2 aromatic rings. The van der Waals surface area contributed by atoms with Crippen molar-refractivity contribution < 1.29 is 14.4 Å². The van der Waals surface area contributed by atoms with Crippen LogP contribution in [0.2, 0.25) is 0 Å². The number of rotatable bonds is 5. The lowest BCUT2D eigenvalue weighted by Crippen LogP contribution is -2.30. The topological polar surface area (TPSA) is 54.5 Å². The number of thioether (sulfide) groups is 1. The lowest BCUT2D eigenvalue weighted by molar-refractivity contribution is -0.111. The summed E-state index contributed by atoms with van der Waals surface area (Å²) in [5.74, 6) is -0.538. The zero-order valence-corrected chi connectivity index (χ0v) is 14.1. The first kappa shape index (κ1) is 16.5. The van der Waals surface area contributed by atoms with E-state index in [4.69, 9.17) is 0 Å². The summed E-state index contributed by atoms with van der Waals surface area (Å²) in [7, 11) is 0. The molecule has 1 aliphatic heterocycles. The van der Waals surface area contributed by atoms with Gasteiger partial charge in [-0.05, 0) is 37.6 Å². The monoisotopic (exact) mass is 339 g/mol. The van der Waals surface area contributed by atoms with Crippen LogP contribution in [0.1, 0.15) is 39.1 Å². The maximum atomic E-state index is 12.2. The van der Waals surface area contributed by atoms with Crippen LogP contribution >= 0.6 is 11.8 Å². The minimum absolute atomic E-state index is 0.0375. The first-order valence-corrected chi connectivity index (χ1v) is 8.60. The Balaban J connectivity index is 1.52. The van der Waals surface area contributed by atoms with Gasteiger partial charge in [0.05, 0.1) is 11.1 Å². The molecule has 0 aromatic heterocycles. The second kappa shape index (κ2) is 7.01. The van der Waals surface area contributed by atoms with Gasteiger partial charge in [-0.1, -0.05) is 41.6 Å². The molecule has 0 N–H and O–H groups in total. The van der Waals surface area contributed by atoms with Gasteiger partial charge in [0.1, 0.15) is 0 Å². The van der Waals surface area contributed by atoms with Crippen molar-refractivity contribution in [3.05, 3.63) is 65.2 Å². The van der Waals surface area contributed by atoms with Gasteiger partial charge in [-0.15, -0.1) is 0 Å². The standard InChI is InChI=1S/C19H17NO3S/c1-13-8-10-14(11-9-13)24-17(21)7-4-12-20-18(22)15-5-2-3-6-16(15)19(20)23/h2-3,5-6,8-11H,4,7,12H2,1H3. The highest BCUT2D eigenvalue weighted by Gasteiger charge is 2.34. The highest BCUT2D eigenvalue weighted by molar-refractivity contribution is 8.13. The number of fused-ring (bicyclic) bond motifs is 1. The SMILES string of the molecule is Cc1ccc(SC(=O)CCCN2C(=O)c3ccccc3C2=O)cc1. The number of imide groups is 1. The molecule has 0 atom stereocenters. The number of carbonyl (C=O) groups excluding carboxylic acids is 3. The largest absolute Gasteiger partial charge is 0.287 e. The van der Waals surface area contributed by atoms with Crippen LogP contribution in [0, 0.1) is 6.92 Å². The van der Waals surface area contributed by atoms with E-state index >= 15 is 0 Å². The highest BCUT2D eigenvalue weighted by atomic mass is 32.2. The fourth-order valence-corrected chi connectivity index (χ4v) is 3.39. The Bertz CT molecular complexity index is 764. The van der Waals surface area contributed by atoms with Gasteiger partial charge in [0.2, 0.25) is 0 Å².